The summed E-state index contributed by atoms with van der Waals surface area (Å²) in [4.78, 5) is 3.39. The summed E-state index contributed by atoms with van der Waals surface area (Å²) in [6.45, 7) is 0. The Balaban J connectivity index is 2.55. The highest BCUT2D eigenvalue weighted by Crippen LogP contribution is 2.32. The average Bonchev–Trinajstić information content (AvgIpc) is 2.32. The van der Waals surface area contributed by atoms with E-state index in [1.807, 2.05) is 0 Å². The Labute approximate surface area is 98.9 Å². The van der Waals surface area contributed by atoms with Crippen LogP contribution in [0.1, 0.15) is 5.56 Å². The molecule has 1 aromatic heterocycles. The van der Waals surface area contributed by atoms with Crippen molar-refractivity contribution >= 4 is 0 Å². The first-order chi connectivity index (χ1) is 8.39. The molecule has 1 heterocycles. The van der Waals surface area contributed by atoms with E-state index in [-0.39, 0.29) is 11.1 Å². The second kappa shape index (κ2) is 4.36. The molecule has 2 aromatic rings. The first-order valence-corrected chi connectivity index (χ1v) is 4.86. The first kappa shape index (κ1) is 12.5. The van der Waals surface area contributed by atoms with Gasteiger partial charge in [-0.05, 0) is 12.1 Å². The molecule has 1 nitrogen and oxygen atoms in total. The fraction of sp³-hybridized carbons (Fsp3) is 0.0833. The number of benzene rings is 1. The molecule has 0 aliphatic heterocycles. The summed E-state index contributed by atoms with van der Waals surface area (Å²) >= 11 is 0. The molecule has 0 atom stereocenters. The van der Waals surface area contributed by atoms with Gasteiger partial charge in [-0.2, -0.15) is 13.2 Å². The Morgan fingerprint density at radius 2 is 1.72 bits per heavy atom. The normalized spacial score (nSPS) is 11.6. The summed E-state index contributed by atoms with van der Waals surface area (Å²) < 4.78 is 63.8. The number of alkyl halides is 3. The van der Waals surface area contributed by atoms with E-state index in [9.17, 15) is 22.0 Å². The predicted octanol–water partition coefficient (Wildman–Crippen LogP) is 4.05. The third-order valence-corrected chi connectivity index (χ3v) is 2.33. The highest BCUT2D eigenvalue weighted by atomic mass is 19.4. The first-order valence-electron chi connectivity index (χ1n) is 4.86. The van der Waals surface area contributed by atoms with Crippen LogP contribution in [0.25, 0.3) is 11.1 Å². The second-order valence-electron chi connectivity index (χ2n) is 3.56. The minimum Gasteiger partial charge on any atom is -0.263 e. The second-order valence-corrected chi connectivity index (χ2v) is 3.56. The van der Waals surface area contributed by atoms with Gasteiger partial charge < -0.3 is 0 Å². The van der Waals surface area contributed by atoms with Gasteiger partial charge in [-0.15, -0.1) is 0 Å². The maximum atomic E-state index is 13.4. The highest BCUT2D eigenvalue weighted by Gasteiger charge is 2.31. The maximum absolute atomic E-state index is 13.4. The van der Waals surface area contributed by atoms with Crippen LogP contribution in [0.2, 0.25) is 0 Å². The summed E-state index contributed by atoms with van der Waals surface area (Å²) in [5, 5.41) is 0. The number of hydrogen-bond acceptors (Lipinski definition) is 1. The number of nitrogens with zero attached hydrogens (tertiary/aromatic N) is 1. The van der Waals surface area contributed by atoms with Crippen molar-refractivity contribution in [3.8, 4) is 11.1 Å². The molecule has 18 heavy (non-hydrogen) atoms. The number of hydrogen-bond donors (Lipinski definition) is 0. The maximum Gasteiger partial charge on any atom is 0.417 e. The topological polar surface area (TPSA) is 12.9 Å². The molecule has 6 heteroatoms. The lowest BCUT2D eigenvalue weighted by atomic mass is 10.1. The SMILES string of the molecule is Fc1cccc(-c2cncc(C(F)(F)F)c2)c1F. The molecular weight excluding hydrogens is 253 g/mol. The van der Waals surface area contributed by atoms with E-state index in [4.69, 9.17) is 0 Å². The van der Waals surface area contributed by atoms with Crippen molar-refractivity contribution in [1.29, 1.82) is 0 Å². The zero-order valence-electron chi connectivity index (χ0n) is 8.80. The van der Waals surface area contributed by atoms with Gasteiger partial charge in [0, 0.05) is 23.5 Å². The Morgan fingerprint density at radius 1 is 1.00 bits per heavy atom. The van der Waals surface area contributed by atoms with Crippen LogP contribution >= 0.6 is 0 Å². The lowest BCUT2D eigenvalue weighted by Gasteiger charge is -2.08. The van der Waals surface area contributed by atoms with Gasteiger partial charge in [0.25, 0.3) is 0 Å². The molecule has 0 bridgehead atoms. The quantitative estimate of drug-likeness (QED) is 0.704. The molecule has 0 aliphatic carbocycles. The average molecular weight is 259 g/mol. The zero-order chi connectivity index (χ0) is 13.3. The Kier molecular flexibility index (Phi) is 3.02. The molecule has 0 saturated heterocycles. The van der Waals surface area contributed by atoms with Crippen LogP contribution in [0.15, 0.2) is 36.7 Å². The van der Waals surface area contributed by atoms with Gasteiger partial charge in [-0.1, -0.05) is 12.1 Å². The van der Waals surface area contributed by atoms with Gasteiger partial charge >= 0.3 is 6.18 Å². The van der Waals surface area contributed by atoms with Gasteiger partial charge in [-0.25, -0.2) is 8.78 Å². The van der Waals surface area contributed by atoms with E-state index in [1.54, 1.807) is 0 Å². The number of rotatable bonds is 1. The third-order valence-electron chi connectivity index (χ3n) is 2.33. The highest BCUT2D eigenvalue weighted by molar-refractivity contribution is 5.64. The van der Waals surface area contributed by atoms with Crippen molar-refractivity contribution in [3.63, 3.8) is 0 Å². The van der Waals surface area contributed by atoms with Crippen LogP contribution in [0.4, 0.5) is 22.0 Å². The Hall–Kier alpha value is -1.98. The van der Waals surface area contributed by atoms with Gasteiger partial charge in [0.2, 0.25) is 0 Å². The summed E-state index contributed by atoms with van der Waals surface area (Å²) in [6.07, 6.45) is -2.90. The van der Waals surface area contributed by atoms with E-state index in [2.05, 4.69) is 4.98 Å². The van der Waals surface area contributed by atoms with Crippen LogP contribution in [0.5, 0.6) is 0 Å². The van der Waals surface area contributed by atoms with E-state index < -0.39 is 23.4 Å². The lowest BCUT2D eigenvalue weighted by molar-refractivity contribution is -0.137. The number of halogens is 5. The molecule has 0 spiro atoms. The molecule has 0 amide bonds. The minimum absolute atomic E-state index is 0.123. The van der Waals surface area contributed by atoms with Crippen LogP contribution in [-0.2, 0) is 6.18 Å². The van der Waals surface area contributed by atoms with Crippen molar-refractivity contribution in [2.75, 3.05) is 0 Å². The molecule has 2 rings (SSSR count). The lowest BCUT2D eigenvalue weighted by Crippen LogP contribution is -2.05. The van der Waals surface area contributed by atoms with Crippen LogP contribution in [-0.4, -0.2) is 4.98 Å². The van der Waals surface area contributed by atoms with Gasteiger partial charge in [0.05, 0.1) is 5.56 Å². The van der Waals surface area contributed by atoms with Crippen LogP contribution in [0.3, 0.4) is 0 Å². The molecule has 0 fully saturated rings. The molecule has 0 radical (unpaired) electrons. The smallest absolute Gasteiger partial charge is 0.263 e. The number of aromatic nitrogens is 1. The van der Waals surface area contributed by atoms with Crippen molar-refractivity contribution in [3.05, 3.63) is 53.9 Å². The van der Waals surface area contributed by atoms with Crippen molar-refractivity contribution < 1.29 is 22.0 Å². The summed E-state index contributed by atoms with van der Waals surface area (Å²) in [5.41, 5.74) is -1.39. The van der Waals surface area contributed by atoms with Crippen LogP contribution < -0.4 is 0 Å². The zero-order valence-corrected chi connectivity index (χ0v) is 8.80. The fourth-order valence-electron chi connectivity index (χ4n) is 1.47. The molecule has 94 valence electrons. The standard InChI is InChI=1S/C12H6F5N/c13-10-3-1-2-9(11(10)14)7-4-8(6-18-5-7)12(15,16)17/h1-6H. The third kappa shape index (κ3) is 2.32. The van der Waals surface area contributed by atoms with Crippen molar-refractivity contribution in [1.82, 2.24) is 4.98 Å². The van der Waals surface area contributed by atoms with E-state index in [0.717, 1.165) is 18.3 Å². The predicted molar refractivity (Wildman–Crippen MR) is 54.6 cm³/mol. The molecule has 0 unspecified atom stereocenters. The minimum atomic E-state index is -4.58. The molecule has 0 saturated carbocycles. The van der Waals surface area contributed by atoms with E-state index >= 15 is 0 Å². The Bertz CT molecular complexity index is 577. The van der Waals surface area contributed by atoms with E-state index in [0.29, 0.717) is 6.20 Å². The molecule has 0 N–H and O–H groups in total. The molecule has 0 aliphatic rings. The largest absolute Gasteiger partial charge is 0.417 e. The number of pyridine rings is 1. The van der Waals surface area contributed by atoms with Crippen molar-refractivity contribution in [2.24, 2.45) is 0 Å². The summed E-state index contributed by atoms with van der Waals surface area (Å²) in [7, 11) is 0. The van der Waals surface area contributed by atoms with Crippen LogP contribution in [0, 0.1) is 11.6 Å². The monoisotopic (exact) mass is 259 g/mol. The fourth-order valence-corrected chi connectivity index (χ4v) is 1.47. The summed E-state index contributed by atoms with van der Waals surface area (Å²) in [6, 6.07) is 4.02. The van der Waals surface area contributed by atoms with Gasteiger partial charge in [0.15, 0.2) is 11.6 Å². The van der Waals surface area contributed by atoms with Gasteiger partial charge in [-0.3, -0.25) is 4.98 Å². The molecule has 1 aromatic carbocycles. The van der Waals surface area contributed by atoms with Crippen molar-refractivity contribution in [2.45, 2.75) is 6.18 Å². The molecular formula is C12H6F5N. The Morgan fingerprint density at radius 3 is 2.39 bits per heavy atom. The summed E-state index contributed by atoms with van der Waals surface area (Å²) in [5.74, 6) is -2.32. The van der Waals surface area contributed by atoms with Gasteiger partial charge in [0.1, 0.15) is 0 Å². The van der Waals surface area contributed by atoms with E-state index in [1.165, 1.54) is 12.1 Å².